The van der Waals surface area contributed by atoms with Gasteiger partial charge in [-0.2, -0.15) is 5.21 Å². The zero-order valence-electron chi connectivity index (χ0n) is 10.4. The molecule has 20 heavy (non-hydrogen) atoms. The van der Waals surface area contributed by atoms with Gasteiger partial charge in [0.25, 0.3) is 5.91 Å². The van der Waals surface area contributed by atoms with Crippen molar-refractivity contribution in [1.29, 1.82) is 0 Å². The van der Waals surface area contributed by atoms with E-state index < -0.39 is 6.04 Å². The molecule has 1 unspecified atom stereocenters. The number of methoxy groups -OCH3 is 1. The van der Waals surface area contributed by atoms with E-state index in [1.807, 2.05) is 0 Å². The quantitative estimate of drug-likeness (QED) is 0.874. The number of carbonyl (C=O) groups is 1. The van der Waals surface area contributed by atoms with E-state index in [1.165, 1.54) is 19.2 Å². The van der Waals surface area contributed by atoms with Gasteiger partial charge < -0.3 is 10.1 Å². The normalized spacial score (nSPS) is 12.2. The van der Waals surface area contributed by atoms with Crippen LogP contribution in [0.15, 0.2) is 18.2 Å². The Balaban J connectivity index is 2.16. The highest BCUT2D eigenvalue weighted by Gasteiger charge is 2.20. The molecular formula is C11H11Cl2N5O2. The first-order chi connectivity index (χ1) is 9.60. The molecule has 0 radical (unpaired) electrons. The molecular weight excluding hydrogens is 305 g/mol. The second-order valence-electron chi connectivity index (χ2n) is 3.91. The standard InChI is InChI=1S/C11H11Cl2N5O2/c1-20-5-9(10-15-17-18-16-10)14-11(19)6-2-7(12)4-8(13)3-6/h2-4,9H,5H2,1H3,(H,14,19)(H,15,16,17,18). The number of rotatable bonds is 5. The van der Waals surface area contributed by atoms with Crippen LogP contribution in [0.5, 0.6) is 0 Å². The van der Waals surface area contributed by atoms with Crippen molar-refractivity contribution in [1.82, 2.24) is 25.9 Å². The highest BCUT2D eigenvalue weighted by molar-refractivity contribution is 6.35. The van der Waals surface area contributed by atoms with Crippen LogP contribution in [0, 0.1) is 0 Å². The second-order valence-corrected chi connectivity index (χ2v) is 4.78. The van der Waals surface area contributed by atoms with Crippen molar-refractivity contribution in [2.24, 2.45) is 0 Å². The van der Waals surface area contributed by atoms with Crippen molar-refractivity contribution in [3.63, 3.8) is 0 Å². The molecule has 2 rings (SSSR count). The van der Waals surface area contributed by atoms with E-state index in [-0.39, 0.29) is 12.5 Å². The van der Waals surface area contributed by atoms with Gasteiger partial charge in [-0.1, -0.05) is 28.4 Å². The number of halogens is 2. The van der Waals surface area contributed by atoms with Crippen molar-refractivity contribution < 1.29 is 9.53 Å². The summed E-state index contributed by atoms with van der Waals surface area (Å²) in [7, 11) is 1.51. The molecule has 1 amide bonds. The number of aromatic nitrogens is 4. The number of benzene rings is 1. The number of ether oxygens (including phenoxy) is 1. The van der Waals surface area contributed by atoms with E-state index in [2.05, 4.69) is 25.9 Å². The van der Waals surface area contributed by atoms with Crippen LogP contribution in [-0.4, -0.2) is 40.2 Å². The Kier molecular flexibility index (Phi) is 4.89. The molecule has 1 atom stereocenters. The zero-order valence-corrected chi connectivity index (χ0v) is 11.9. The molecule has 0 saturated heterocycles. The van der Waals surface area contributed by atoms with Gasteiger partial charge in [0.2, 0.25) is 0 Å². The maximum Gasteiger partial charge on any atom is 0.252 e. The summed E-state index contributed by atoms with van der Waals surface area (Å²) in [6.07, 6.45) is 0. The van der Waals surface area contributed by atoms with Gasteiger partial charge in [0.15, 0.2) is 5.82 Å². The number of hydrogen-bond donors (Lipinski definition) is 2. The zero-order chi connectivity index (χ0) is 14.5. The Bertz CT molecular complexity index is 570. The van der Waals surface area contributed by atoms with E-state index in [9.17, 15) is 4.79 Å². The molecule has 0 saturated carbocycles. The summed E-state index contributed by atoms with van der Waals surface area (Å²) in [5, 5.41) is 16.9. The van der Waals surface area contributed by atoms with Gasteiger partial charge in [0.1, 0.15) is 6.04 Å². The van der Waals surface area contributed by atoms with Crippen molar-refractivity contribution >= 4 is 29.1 Å². The molecule has 2 aromatic rings. The van der Waals surface area contributed by atoms with Crippen molar-refractivity contribution in [2.45, 2.75) is 6.04 Å². The number of aromatic amines is 1. The van der Waals surface area contributed by atoms with Crippen molar-refractivity contribution in [2.75, 3.05) is 13.7 Å². The lowest BCUT2D eigenvalue weighted by atomic mass is 10.2. The smallest absolute Gasteiger partial charge is 0.252 e. The van der Waals surface area contributed by atoms with E-state index in [1.54, 1.807) is 6.07 Å². The molecule has 2 N–H and O–H groups in total. The lowest BCUT2D eigenvalue weighted by Crippen LogP contribution is -2.32. The molecule has 9 heteroatoms. The summed E-state index contributed by atoms with van der Waals surface area (Å²) >= 11 is 11.7. The first kappa shape index (κ1) is 14.7. The average molecular weight is 316 g/mol. The van der Waals surface area contributed by atoms with E-state index >= 15 is 0 Å². The van der Waals surface area contributed by atoms with Gasteiger partial charge in [-0.05, 0) is 18.2 Å². The average Bonchev–Trinajstić information content (AvgIpc) is 2.90. The lowest BCUT2D eigenvalue weighted by Gasteiger charge is -2.14. The number of tetrazole rings is 1. The molecule has 1 heterocycles. The fourth-order valence-electron chi connectivity index (χ4n) is 1.59. The predicted molar refractivity (Wildman–Crippen MR) is 72.7 cm³/mol. The molecule has 0 aliphatic carbocycles. The van der Waals surface area contributed by atoms with Crippen molar-refractivity contribution in [3.05, 3.63) is 39.6 Å². The van der Waals surface area contributed by atoms with E-state index in [0.717, 1.165) is 0 Å². The number of H-pyrrole nitrogens is 1. The molecule has 1 aromatic carbocycles. The van der Waals surface area contributed by atoms with Crippen LogP contribution in [0.4, 0.5) is 0 Å². The maximum atomic E-state index is 12.2. The topological polar surface area (TPSA) is 92.8 Å². The second kappa shape index (κ2) is 6.65. The fourth-order valence-corrected chi connectivity index (χ4v) is 2.12. The molecule has 7 nitrogen and oxygen atoms in total. The van der Waals surface area contributed by atoms with E-state index in [0.29, 0.717) is 21.4 Å². The molecule has 0 fully saturated rings. The Labute approximate surface area is 124 Å². The minimum atomic E-state index is -0.524. The minimum Gasteiger partial charge on any atom is -0.382 e. The van der Waals surface area contributed by atoms with Crippen LogP contribution in [0.1, 0.15) is 22.2 Å². The number of amides is 1. The number of nitrogens with zero attached hydrogens (tertiary/aromatic N) is 3. The largest absolute Gasteiger partial charge is 0.382 e. The maximum absolute atomic E-state index is 12.2. The third-order valence-electron chi connectivity index (χ3n) is 2.44. The summed E-state index contributed by atoms with van der Waals surface area (Å²) in [6.45, 7) is 0.208. The third kappa shape index (κ3) is 3.66. The van der Waals surface area contributed by atoms with Gasteiger partial charge in [-0.15, -0.1) is 10.2 Å². The lowest BCUT2D eigenvalue weighted by molar-refractivity contribution is 0.0892. The van der Waals surface area contributed by atoms with Crippen LogP contribution in [0.25, 0.3) is 0 Å². The van der Waals surface area contributed by atoms with Gasteiger partial charge in [-0.3, -0.25) is 4.79 Å². The Morgan fingerprint density at radius 1 is 1.40 bits per heavy atom. The Hall–Kier alpha value is -1.70. The molecule has 0 aliphatic rings. The van der Waals surface area contributed by atoms with Crippen LogP contribution >= 0.6 is 23.2 Å². The SMILES string of the molecule is COCC(NC(=O)c1cc(Cl)cc(Cl)c1)c1nn[nH]n1. The summed E-state index contributed by atoms with van der Waals surface area (Å²) < 4.78 is 5.02. The fraction of sp³-hybridized carbons (Fsp3) is 0.273. The third-order valence-corrected chi connectivity index (χ3v) is 2.87. The monoisotopic (exact) mass is 315 g/mol. The number of nitrogens with one attached hydrogen (secondary N) is 2. The van der Waals surface area contributed by atoms with Crippen LogP contribution in [0.3, 0.4) is 0 Å². The molecule has 0 spiro atoms. The Morgan fingerprint density at radius 2 is 2.10 bits per heavy atom. The van der Waals surface area contributed by atoms with Crippen LogP contribution < -0.4 is 5.32 Å². The van der Waals surface area contributed by atoms with Gasteiger partial charge in [0.05, 0.1) is 6.61 Å². The van der Waals surface area contributed by atoms with Crippen LogP contribution in [-0.2, 0) is 4.74 Å². The van der Waals surface area contributed by atoms with Gasteiger partial charge >= 0.3 is 0 Å². The summed E-state index contributed by atoms with van der Waals surface area (Å²) in [4.78, 5) is 12.2. The highest BCUT2D eigenvalue weighted by Crippen LogP contribution is 2.19. The number of hydrogen-bond acceptors (Lipinski definition) is 5. The van der Waals surface area contributed by atoms with E-state index in [4.69, 9.17) is 27.9 Å². The molecule has 1 aromatic heterocycles. The summed E-state index contributed by atoms with van der Waals surface area (Å²) in [5.41, 5.74) is 0.340. The first-order valence-corrected chi connectivity index (χ1v) is 6.35. The molecule has 106 valence electrons. The first-order valence-electron chi connectivity index (χ1n) is 5.59. The highest BCUT2D eigenvalue weighted by atomic mass is 35.5. The van der Waals surface area contributed by atoms with Crippen LogP contribution in [0.2, 0.25) is 10.0 Å². The summed E-state index contributed by atoms with van der Waals surface area (Å²) in [5.74, 6) is -0.0328. The Morgan fingerprint density at radius 3 is 2.65 bits per heavy atom. The van der Waals surface area contributed by atoms with Gasteiger partial charge in [-0.25, -0.2) is 0 Å². The number of carbonyl (C=O) groups excluding carboxylic acids is 1. The van der Waals surface area contributed by atoms with Gasteiger partial charge in [0, 0.05) is 22.7 Å². The van der Waals surface area contributed by atoms with Crippen molar-refractivity contribution in [3.8, 4) is 0 Å². The minimum absolute atomic E-state index is 0.208. The predicted octanol–water partition coefficient (Wildman–Crippen LogP) is 1.62. The summed E-state index contributed by atoms with van der Waals surface area (Å²) in [6, 6.07) is 4.06. The molecule has 0 aliphatic heterocycles. The molecule has 0 bridgehead atoms.